The molecule has 0 saturated heterocycles. The molecule has 1 aliphatic rings. The number of rotatable bonds is 9. The Morgan fingerprint density at radius 3 is 1.78 bits per heavy atom. The number of anilines is 7. The standard InChI is InChI=1S/C62H45N5.Pt/c1-43-19-16-20-44(2)62(43)66(50-28-17-27-49(40-50)65-42-64(48-25-10-5-11-26-48)57-33-14-15-34-58(57)65)51-35-36-55-54-29-12-13-32-56(54)67(59(55)41-51)60-39-47(37-38-63-60)61-52(45-21-6-3-7-22-45)30-18-31-53(61)46-23-8-4-9-24-46;/h3-39H,42H2,1-2H3;/q-2;+2. The molecule has 0 unspecified atom stereocenters. The molecule has 0 radical (unpaired) electrons. The average molecular weight is 1060 g/mol. The van der Waals surface area contributed by atoms with E-state index in [1.165, 1.54) is 27.9 Å². The van der Waals surface area contributed by atoms with Gasteiger partial charge in [-0.2, -0.15) is 12.1 Å². The molecule has 2 aromatic heterocycles. The van der Waals surface area contributed by atoms with Gasteiger partial charge in [0, 0.05) is 23.1 Å². The second-order valence-electron chi connectivity index (χ2n) is 17.1. The first-order valence-electron chi connectivity index (χ1n) is 22.8. The second-order valence-corrected chi connectivity index (χ2v) is 17.1. The van der Waals surface area contributed by atoms with Gasteiger partial charge in [0.1, 0.15) is 5.82 Å². The molecule has 0 atom stereocenters. The van der Waals surface area contributed by atoms with Crippen molar-refractivity contribution in [2.24, 2.45) is 0 Å². The summed E-state index contributed by atoms with van der Waals surface area (Å²) in [6.07, 6.45) is 1.95. The van der Waals surface area contributed by atoms with E-state index in [0.29, 0.717) is 6.67 Å². The second kappa shape index (κ2) is 18.0. The molecule has 1 aliphatic heterocycles. The summed E-state index contributed by atoms with van der Waals surface area (Å²) in [4.78, 5) is 12.2. The van der Waals surface area contributed by atoms with Crippen LogP contribution in [-0.2, 0) is 21.1 Å². The molecule has 0 bridgehead atoms. The van der Waals surface area contributed by atoms with Crippen LogP contribution >= 0.6 is 0 Å². The first-order valence-corrected chi connectivity index (χ1v) is 22.8. The summed E-state index contributed by atoms with van der Waals surface area (Å²) >= 11 is 0. The third-order valence-electron chi connectivity index (χ3n) is 13.1. The summed E-state index contributed by atoms with van der Waals surface area (Å²) < 4.78 is 2.29. The van der Waals surface area contributed by atoms with Gasteiger partial charge in [0.15, 0.2) is 0 Å². The molecule has 0 spiro atoms. The molecular formula is C62H45N5Pt. The van der Waals surface area contributed by atoms with E-state index in [2.05, 4.69) is 264 Å². The minimum Gasteiger partial charge on any atom is -0.358 e. The molecule has 9 aromatic carbocycles. The summed E-state index contributed by atoms with van der Waals surface area (Å²) in [5.74, 6) is 0.821. The Labute approximate surface area is 412 Å². The number of para-hydroxylation sites is 5. The molecule has 0 fully saturated rings. The van der Waals surface area contributed by atoms with Gasteiger partial charge in [0.2, 0.25) is 0 Å². The van der Waals surface area contributed by atoms with E-state index in [4.69, 9.17) is 4.98 Å². The Morgan fingerprint density at radius 1 is 0.485 bits per heavy atom. The van der Waals surface area contributed by atoms with Crippen molar-refractivity contribution in [2.75, 3.05) is 21.4 Å². The Kier molecular flexibility index (Phi) is 11.3. The summed E-state index contributed by atoms with van der Waals surface area (Å²) in [7, 11) is 0. The van der Waals surface area contributed by atoms with Crippen LogP contribution in [0.15, 0.2) is 225 Å². The maximum Gasteiger partial charge on any atom is 2.00 e. The Bertz CT molecular complexity index is 3530. The molecule has 0 aliphatic carbocycles. The van der Waals surface area contributed by atoms with E-state index in [9.17, 15) is 0 Å². The SMILES string of the molecule is Cc1cccc(C)c1N(c1[c-]c(N2CN(c3ccccc3)c3ccccc32)ccc1)c1[c-]c2c(cc1)c1ccccc1n2-c1cc(-c2c(-c3ccccc3)cccc2-c2ccccc2)ccn1.[Pt+2]. The van der Waals surface area contributed by atoms with Gasteiger partial charge in [-0.05, 0) is 106 Å². The Balaban J connectivity index is 0.00000507. The minimum absolute atomic E-state index is 0. The summed E-state index contributed by atoms with van der Waals surface area (Å²) in [5, 5.41) is 2.25. The van der Waals surface area contributed by atoms with Crippen molar-refractivity contribution in [1.82, 2.24) is 9.55 Å². The zero-order chi connectivity index (χ0) is 44.8. The van der Waals surface area contributed by atoms with Crippen molar-refractivity contribution < 1.29 is 21.1 Å². The molecule has 6 heteroatoms. The van der Waals surface area contributed by atoms with Crippen LogP contribution in [0.5, 0.6) is 0 Å². The van der Waals surface area contributed by atoms with Gasteiger partial charge in [-0.1, -0.05) is 168 Å². The third-order valence-corrected chi connectivity index (χ3v) is 13.1. The zero-order valence-electron chi connectivity index (χ0n) is 37.6. The fourth-order valence-corrected chi connectivity index (χ4v) is 10.0. The molecule has 12 rings (SSSR count). The van der Waals surface area contributed by atoms with E-state index in [1.54, 1.807) is 0 Å². The Hall–Kier alpha value is -7.98. The topological polar surface area (TPSA) is 27.5 Å². The fraction of sp³-hybridized carbons (Fsp3) is 0.0484. The van der Waals surface area contributed by atoms with Crippen molar-refractivity contribution in [1.29, 1.82) is 0 Å². The maximum absolute atomic E-state index is 5.15. The summed E-state index contributed by atoms with van der Waals surface area (Å²) in [6, 6.07) is 85.6. The van der Waals surface area contributed by atoms with E-state index in [0.717, 1.165) is 84.0 Å². The number of aromatic nitrogens is 2. The van der Waals surface area contributed by atoms with Gasteiger partial charge in [0.05, 0.1) is 18.0 Å². The van der Waals surface area contributed by atoms with E-state index in [1.807, 2.05) is 6.20 Å². The largest absolute Gasteiger partial charge is 2.00 e. The molecule has 3 heterocycles. The summed E-state index contributed by atoms with van der Waals surface area (Å²) in [6.45, 7) is 5.05. The van der Waals surface area contributed by atoms with Crippen LogP contribution in [-0.4, -0.2) is 16.2 Å². The number of pyridine rings is 1. The zero-order valence-corrected chi connectivity index (χ0v) is 39.9. The Morgan fingerprint density at radius 2 is 1.07 bits per heavy atom. The quantitative estimate of drug-likeness (QED) is 0.135. The van der Waals surface area contributed by atoms with Gasteiger partial charge in [-0.3, -0.25) is 0 Å². The van der Waals surface area contributed by atoms with Gasteiger partial charge in [-0.25, -0.2) is 4.98 Å². The van der Waals surface area contributed by atoms with Crippen molar-refractivity contribution in [3.8, 4) is 39.2 Å². The number of nitrogens with zero attached hydrogens (tertiary/aromatic N) is 5. The summed E-state index contributed by atoms with van der Waals surface area (Å²) in [5.41, 5.74) is 18.7. The average Bonchev–Trinajstić information content (AvgIpc) is 3.94. The van der Waals surface area contributed by atoms with Gasteiger partial charge < -0.3 is 19.3 Å². The molecular weight excluding hydrogens is 1010 g/mol. The number of benzene rings is 9. The van der Waals surface area contributed by atoms with Crippen LogP contribution in [0, 0.1) is 26.0 Å². The first-order chi connectivity index (χ1) is 33.1. The van der Waals surface area contributed by atoms with Crippen LogP contribution in [0.1, 0.15) is 11.1 Å². The van der Waals surface area contributed by atoms with Crippen LogP contribution in [0.25, 0.3) is 61.0 Å². The molecule has 0 N–H and O–H groups in total. The molecule has 5 nitrogen and oxygen atoms in total. The molecule has 68 heavy (non-hydrogen) atoms. The van der Waals surface area contributed by atoms with Crippen molar-refractivity contribution in [2.45, 2.75) is 13.8 Å². The molecule has 328 valence electrons. The molecule has 0 amide bonds. The van der Waals surface area contributed by atoms with Gasteiger partial charge in [-0.15, -0.1) is 35.7 Å². The molecule has 11 aromatic rings. The maximum atomic E-state index is 5.15. The van der Waals surface area contributed by atoms with Crippen molar-refractivity contribution in [3.05, 3.63) is 248 Å². The van der Waals surface area contributed by atoms with Crippen LogP contribution in [0.4, 0.5) is 39.8 Å². The minimum atomic E-state index is 0. The monoisotopic (exact) mass is 1050 g/mol. The van der Waals surface area contributed by atoms with Gasteiger partial charge in [0.25, 0.3) is 0 Å². The smallest absolute Gasteiger partial charge is 0.358 e. The number of fused-ring (bicyclic) bond motifs is 4. The third kappa shape index (κ3) is 7.46. The normalized spacial score (nSPS) is 12.0. The number of hydrogen-bond donors (Lipinski definition) is 0. The van der Waals surface area contributed by atoms with Crippen molar-refractivity contribution in [3.63, 3.8) is 0 Å². The van der Waals surface area contributed by atoms with E-state index >= 15 is 0 Å². The van der Waals surface area contributed by atoms with Crippen LogP contribution in [0.3, 0.4) is 0 Å². The van der Waals surface area contributed by atoms with Crippen LogP contribution in [0.2, 0.25) is 0 Å². The first kappa shape index (κ1) is 42.6. The number of hydrogen-bond acceptors (Lipinski definition) is 4. The number of aryl methyl sites for hydroxylation is 2. The fourth-order valence-electron chi connectivity index (χ4n) is 10.0. The van der Waals surface area contributed by atoms with E-state index < -0.39 is 0 Å². The van der Waals surface area contributed by atoms with E-state index in [-0.39, 0.29) is 21.1 Å². The predicted molar refractivity (Wildman–Crippen MR) is 279 cm³/mol. The van der Waals surface area contributed by atoms with Crippen molar-refractivity contribution >= 4 is 61.6 Å². The van der Waals surface area contributed by atoms with Gasteiger partial charge >= 0.3 is 21.1 Å². The molecule has 0 saturated carbocycles. The predicted octanol–water partition coefficient (Wildman–Crippen LogP) is 16.1. The van der Waals surface area contributed by atoms with Crippen LogP contribution < -0.4 is 14.7 Å².